The Morgan fingerprint density at radius 2 is 1.20 bits per heavy atom. The van der Waals surface area contributed by atoms with E-state index < -0.39 is 0 Å². The van der Waals surface area contributed by atoms with E-state index >= 15 is 0 Å². The lowest BCUT2D eigenvalue weighted by Crippen LogP contribution is -2.56. The van der Waals surface area contributed by atoms with Gasteiger partial charge in [-0.15, -0.1) is 0 Å². The molecule has 8 heteroatoms. The van der Waals surface area contributed by atoms with Gasteiger partial charge in [0.1, 0.15) is 23.1 Å². The molecule has 2 aliphatic rings. The van der Waals surface area contributed by atoms with Crippen molar-refractivity contribution in [3.05, 3.63) is 176 Å². The Morgan fingerprint density at radius 1 is 0.536 bits per heavy atom. The average molecular weight is 725 g/mol. The van der Waals surface area contributed by atoms with E-state index in [1.807, 2.05) is 12.4 Å². The summed E-state index contributed by atoms with van der Waals surface area (Å²) in [5.41, 5.74) is 11.1. The Kier molecular flexibility index (Phi) is 7.07. The van der Waals surface area contributed by atoms with Crippen molar-refractivity contribution in [2.75, 3.05) is 9.62 Å². The normalized spacial score (nSPS) is 13.2. The quantitative estimate of drug-likeness (QED) is 0.169. The number of anilines is 4. The monoisotopic (exact) mass is 724 g/mol. The van der Waals surface area contributed by atoms with Gasteiger partial charge in [-0.25, -0.2) is 9.97 Å². The van der Waals surface area contributed by atoms with Gasteiger partial charge in [0.25, 0.3) is 0 Å². The predicted octanol–water partition coefficient (Wildman–Crippen LogP) is 11.9. The van der Waals surface area contributed by atoms with Crippen molar-refractivity contribution in [1.82, 2.24) is 19.0 Å². The number of nitrogens with zero attached hydrogens (tertiary/aromatic N) is 6. The van der Waals surface area contributed by atoms with Crippen LogP contribution in [0.25, 0.3) is 50.1 Å². The molecule has 0 spiro atoms. The third-order valence-corrected chi connectivity index (χ3v) is 11.2. The zero-order valence-electron chi connectivity index (χ0n) is 31.3. The van der Waals surface area contributed by atoms with E-state index in [1.165, 1.54) is 22.1 Å². The second kappa shape index (κ2) is 12.2. The molecule has 0 saturated carbocycles. The van der Waals surface area contributed by atoms with Crippen LogP contribution in [0.3, 0.4) is 0 Å². The van der Waals surface area contributed by atoms with Crippen LogP contribution in [0.1, 0.15) is 26.3 Å². The highest BCUT2D eigenvalue weighted by molar-refractivity contribution is 6.71. The van der Waals surface area contributed by atoms with Gasteiger partial charge in [-0.1, -0.05) is 93.6 Å². The molecule has 0 radical (unpaired) electrons. The zero-order valence-corrected chi connectivity index (χ0v) is 31.3. The maximum Gasteiger partial charge on any atom is 0.519 e. The smallest absolute Gasteiger partial charge is 0.457 e. The molecule has 0 bridgehead atoms. The third-order valence-electron chi connectivity index (χ3n) is 11.2. The number of aromatic nitrogens is 4. The van der Waals surface area contributed by atoms with Gasteiger partial charge in [-0.3, -0.25) is 4.57 Å². The highest BCUT2D eigenvalue weighted by Gasteiger charge is 2.46. The lowest BCUT2D eigenvalue weighted by molar-refractivity contribution is 0.483. The second-order valence-corrected chi connectivity index (χ2v) is 15.6. The van der Waals surface area contributed by atoms with Crippen molar-refractivity contribution < 1.29 is 4.74 Å². The van der Waals surface area contributed by atoms with Crippen molar-refractivity contribution in [3.8, 4) is 39.8 Å². The topological polar surface area (TPSA) is 51.4 Å². The summed E-state index contributed by atoms with van der Waals surface area (Å²) in [6, 6.07) is 53.6. The summed E-state index contributed by atoms with van der Waals surface area (Å²) in [5, 5.41) is 2.33. The van der Waals surface area contributed by atoms with E-state index in [-0.39, 0.29) is 12.5 Å². The van der Waals surface area contributed by atoms with Gasteiger partial charge in [-0.2, -0.15) is 0 Å². The minimum absolute atomic E-state index is 0.00881. The molecule has 6 aromatic carbocycles. The van der Waals surface area contributed by atoms with Crippen LogP contribution in [-0.2, 0) is 5.41 Å². The number of ether oxygens (including phenoxy) is 1. The van der Waals surface area contributed by atoms with Crippen molar-refractivity contribution >= 4 is 51.7 Å². The summed E-state index contributed by atoms with van der Waals surface area (Å²) in [5.74, 6) is 3.25. The Labute approximate surface area is 325 Å². The van der Waals surface area contributed by atoms with E-state index in [0.717, 1.165) is 67.9 Å². The lowest BCUT2D eigenvalue weighted by Gasteiger charge is -2.41. The van der Waals surface area contributed by atoms with Crippen LogP contribution >= 0.6 is 0 Å². The Balaban J connectivity index is 1.05. The summed E-state index contributed by atoms with van der Waals surface area (Å²) in [4.78, 5) is 14.7. The van der Waals surface area contributed by atoms with Gasteiger partial charge in [0.15, 0.2) is 0 Å². The zero-order chi connectivity index (χ0) is 37.5. The van der Waals surface area contributed by atoms with Crippen LogP contribution in [0.4, 0.5) is 22.7 Å². The van der Waals surface area contributed by atoms with E-state index in [0.29, 0.717) is 0 Å². The van der Waals surface area contributed by atoms with E-state index in [4.69, 9.17) is 14.7 Å². The number of fused-ring (bicyclic) bond motifs is 13. The first-order chi connectivity index (χ1) is 27.4. The number of hydrogen-bond donors (Lipinski definition) is 0. The molecule has 9 aromatic rings. The first-order valence-corrected chi connectivity index (χ1v) is 19.1. The highest BCUT2D eigenvalue weighted by Crippen LogP contribution is 2.51. The number of rotatable bonds is 4. The minimum atomic E-state index is -0.256. The number of benzene rings is 6. The molecule has 0 saturated heterocycles. The summed E-state index contributed by atoms with van der Waals surface area (Å²) in [6.07, 6.45) is 5.90. The maximum atomic E-state index is 6.78. The molecule has 0 aliphatic carbocycles. The summed E-state index contributed by atoms with van der Waals surface area (Å²) < 4.78 is 11.3. The van der Waals surface area contributed by atoms with Gasteiger partial charge >= 0.3 is 7.12 Å². The fourth-order valence-electron chi connectivity index (χ4n) is 8.63. The van der Waals surface area contributed by atoms with Gasteiger partial charge in [0.2, 0.25) is 0 Å². The lowest BCUT2D eigenvalue weighted by atomic mass is 9.79. The van der Waals surface area contributed by atoms with E-state index in [2.05, 4.69) is 197 Å². The molecular formula is C48H37BN6O. The fourth-order valence-corrected chi connectivity index (χ4v) is 8.63. The first kappa shape index (κ1) is 32.4. The van der Waals surface area contributed by atoms with Crippen molar-refractivity contribution in [2.24, 2.45) is 0 Å². The molecule has 0 unspecified atom stereocenters. The summed E-state index contributed by atoms with van der Waals surface area (Å²) in [7, 11) is -0.256. The van der Waals surface area contributed by atoms with Crippen LogP contribution in [0.5, 0.6) is 11.5 Å². The Bertz CT molecular complexity index is 2980. The van der Waals surface area contributed by atoms with E-state index in [9.17, 15) is 0 Å². The van der Waals surface area contributed by atoms with Gasteiger partial charge < -0.3 is 18.8 Å². The summed E-state index contributed by atoms with van der Waals surface area (Å²) in [6.45, 7) is 6.71. The van der Waals surface area contributed by atoms with Crippen LogP contribution in [0.2, 0.25) is 0 Å². The second-order valence-electron chi connectivity index (χ2n) is 15.6. The number of imidazole rings is 1. The number of hydrogen-bond acceptors (Lipinski definition) is 5. The SMILES string of the molecule is CC(C)(C)c1ccnc(-n2c3ccccc3c3ccc(Oc4ccc5c(c4)-c4nccn4B4N(c6ccccc6)c6ccccc6-c6ccccc6N45)cc32)c1. The van der Waals surface area contributed by atoms with E-state index in [1.54, 1.807) is 0 Å². The van der Waals surface area contributed by atoms with Gasteiger partial charge in [0.05, 0.1) is 11.0 Å². The molecule has 3 aromatic heterocycles. The molecule has 0 N–H and O–H groups in total. The average Bonchev–Trinajstić information content (AvgIpc) is 3.82. The third kappa shape index (κ3) is 4.92. The Hall–Kier alpha value is -7.06. The molecular weight excluding hydrogens is 687 g/mol. The molecule has 2 aliphatic heterocycles. The van der Waals surface area contributed by atoms with Gasteiger partial charge in [0, 0.05) is 74.9 Å². The highest BCUT2D eigenvalue weighted by atomic mass is 16.5. The van der Waals surface area contributed by atoms with Crippen molar-refractivity contribution in [1.29, 1.82) is 0 Å². The molecule has 0 fully saturated rings. The van der Waals surface area contributed by atoms with Crippen LogP contribution < -0.4 is 14.4 Å². The molecule has 0 atom stereocenters. The largest absolute Gasteiger partial charge is 0.519 e. The molecule has 268 valence electrons. The van der Waals surface area contributed by atoms with Crippen LogP contribution in [0.15, 0.2) is 170 Å². The molecule has 0 amide bonds. The Morgan fingerprint density at radius 3 is 2.00 bits per heavy atom. The number of para-hydroxylation sites is 4. The minimum Gasteiger partial charge on any atom is -0.457 e. The fraction of sp³-hybridized carbons (Fsp3) is 0.0833. The van der Waals surface area contributed by atoms with Crippen molar-refractivity contribution in [2.45, 2.75) is 26.2 Å². The standard InChI is InChI=1S/C48H37BN6O/c1-48(2,3)32-25-26-50-46(29-32)53-41-18-10-7-15-36(41)39-23-21-35(31-45(39)53)56-34-22-24-44-40(30-34)47-51-27-28-52(47)49-54(33-13-5-4-6-14-33)42-19-11-8-16-37(42)38-17-9-12-20-43(38)55(44)49/h4-31H,1-3H3. The number of pyridine rings is 1. The first-order valence-electron chi connectivity index (χ1n) is 19.1. The van der Waals surface area contributed by atoms with Gasteiger partial charge in [-0.05, 0) is 83.8 Å². The van der Waals surface area contributed by atoms with Crippen LogP contribution in [0, 0.1) is 0 Å². The van der Waals surface area contributed by atoms with Crippen molar-refractivity contribution in [3.63, 3.8) is 0 Å². The predicted molar refractivity (Wildman–Crippen MR) is 229 cm³/mol. The molecule has 11 rings (SSSR count). The molecule has 5 heterocycles. The maximum absolute atomic E-state index is 6.78. The van der Waals surface area contributed by atoms with Crippen LogP contribution in [-0.4, -0.2) is 26.1 Å². The summed E-state index contributed by atoms with van der Waals surface area (Å²) >= 11 is 0. The molecule has 56 heavy (non-hydrogen) atoms. The molecule has 7 nitrogen and oxygen atoms in total.